The molecule has 0 spiro atoms. The van der Waals surface area contributed by atoms with Gasteiger partial charge in [-0.15, -0.1) is 0 Å². The lowest BCUT2D eigenvalue weighted by atomic mass is 9.91. The molecule has 0 saturated heterocycles. The minimum Gasteiger partial charge on any atom is -0.0999 e. The van der Waals surface area contributed by atoms with Gasteiger partial charge in [-0.25, -0.2) is 0 Å². The van der Waals surface area contributed by atoms with E-state index in [4.69, 9.17) is 0 Å². The van der Waals surface area contributed by atoms with Crippen LogP contribution >= 0.6 is 0 Å². The minimum atomic E-state index is 0.902. The third-order valence-electron chi connectivity index (χ3n) is 2.72. The molecule has 13 heavy (non-hydrogen) atoms. The van der Waals surface area contributed by atoms with E-state index in [-0.39, 0.29) is 0 Å². The van der Waals surface area contributed by atoms with Crippen LogP contribution in [0.5, 0.6) is 0 Å². The Morgan fingerprint density at radius 3 is 2.31 bits per heavy atom. The van der Waals surface area contributed by atoms with Crippen molar-refractivity contribution in [2.45, 2.75) is 65.7 Å². The van der Waals surface area contributed by atoms with E-state index in [2.05, 4.69) is 27.4 Å². The summed E-state index contributed by atoms with van der Waals surface area (Å²) in [6.45, 7) is 11.0. The van der Waals surface area contributed by atoms with Crippen molar-refractivity contribution in [2.24, 2.45) is 5.92 Å². The number of hydrogen-bond acceptors (Lipinski definition) is 0. The average molecular weight is 182 g/mol. The van der Waals surface area contributed by atoms with Gasteiger partial charge in [-0.3, -0.25) is 0 Å². The van der Waals surface area contributed by atoms with Gasteiger partial charge in [-0.1, -0.05) is 65.0 Å². The van der Waals surface area contributed by atoms with Crippen molar-refractivity contribution in [2.75, 3.05) is 0 Å². The van der Waals surface area contributed by atoms with E-state index < -0.39 is 0 Å². The molecule has 0 N–H and O–H groups in total. The molecule has 0 heteroatoms. The summed E-state index contributed by atoms with van der Waals surface area (Å²) < 4.78 is 0. The van der Waals surface area contributed by atoms with E-state index in [1.165, 1.54) is 50.5 Å². The Bertz CT molecular complexity index is 124. The Balaban J connectivity index is 3.62. The summed E-state index contributed by atoms with van der Waals surface area (Å²) >= 11 is 0. The molecule has 1 unspecified atom stereocenters. The first-order valence-corrected chi connectivity index (χ1v) is 5.91. The monoisotopic (exact) mass is 182 g/mol. The summed E-state index contributed by atoms with van der Waals surface area (Å²) in [5, 5.41) is 0. The van der Waals surface area contributed by atoms with Gasteiger partial charge in [0.15, 0.2) is 0 Å². The number of allylic oxidation sites excluding steroid dienone is 1. The predicted octanol–water partition coefficient (Wildman–Crippen LogP) is 4.95. The van der Waals surface area contributed by atoms with Crippen molar-refractivity contribution in [1.29, 1.82) is 0 Å². The Labute approximate surface area is 84.4 Å². The van der Waals surface area contributed by atoms with E-state index in [0.29, 0.717) is 0 Å². The summed E-state index contributed by atoms with van der Waals surface area (Å²) in [4.78, 5) is 0. The second-order valence-electron chi connectivity index (χ2n) is 4.12. The molecule has 0 aliphatic heterocycles. The number of unbranched alkanes of at least 4 members (excludes halogenated alkanes) is 1. The summed E-state index contributed by atoms with van der Waals surface area (Å²) in [6, 6.07) is 0. The van der Waals surface area contributed by atoms with Crippen LogP contribution < -0.4 is 0 Å². The maximum atomic E-state index is 4.14. The molecule has 0 saturated carbocycles. The second-order valence-corrected chi connectivity index (χ2v) is 4.12. The average Bonchev–Trinajstić information content (AvgIpc) is 2.12. The molecule has 0 aromatic heterocycles. The summed E-state index contributed by atoms with van der Waals surface area (Å²) in [6.07, 6.45) is 9.18. The van der Waals surface area contributed by atoms with Crippen molar-refractivity contribution in [1.82, 2.24) is 0 Å². The van der Waals surface area contributed by atoms with Crippen LogP contribution in [0.1, 0.15) is 65.7 Å². The summed E-state index contributed by atoms with van der Waals surface area (Å²) in [5.74, 6) is 0.902. The second kappa shape index (κ2) is 8.34. The summed E-state index contributed by atoms with van der Waals surface area (Å²) in [5.41, 5.74) is 1.46. The zero-order chi connectivity index (χ0) is 10.1. The van der Waals surface area contributed by atoms with Gasteiger partial charge in [-0.05, 0) is 18.8 Å². The van der Waals surface area contributed by atoms with E-state index >= 15 is 0 Å². The van der Waals surface area contributed by atoms with Crippen molar-refractivity contribution in [3.05, 3.63) is 12.2 Å². The first kappa shape index (κ1) is 12.7. The molecule has 0 aliphatic rings. The van der Waals surface area contributed by atoms with Crippen LogP contribution in [-0.2, 0) is 0 Å². The molecule has 0 aromatic rings. The first-order chi connectivity index (χ1) is 6.24. The third kappa shape index (κ3) is 6.86. The van der Waals surface area contributed by atoms with Gasteiger partial charge >= 0.3 is 0 Å². The molecule has 0 aliphatic carbocycles. The quantitative estimate of drug-likeness (QED) is 0.466. The van der Waals surface area contributed by atoms with E-state index in [1.807, 2.05) is 0 Å². The highest BCUT2D eigenvalue weighted by Gasteiger charge is 2.06. The lowest BCUT2D eigenvalue weighted by Gasteiger charge is -2.15. The SMILES string of the molecule is C=C(CCC)CC(CC)CCCC. The molecule has 0 fully saturated rings. The molecular formula is C13H26. The molecule has 1 atom stereocenters. The van der Waals surface area contributed by atoms with Crippen LogP contribution in [-0.4, -0.2) is 0 Å². The van der Waals surface area contributed by atoms with Crippen molar-refractivity contribution in [3.8, 4) is 0 Å². The number of hydrogen-bond donors (Lipinski definition) is 0. The predicted molar refractivity (Wildman–Crippen MR) is 62.0 cm³/mol. The molecule has 0 bridgehead atoms. The van der Waals surface area contributed by atoms with Gasteiger partial charge in [0.1, 0.15) is 0 Å². The molecule has 78 valence electrons. The lowest BCUT2D eigenvalue weighted by molar-refractivity contribution is 0.443. The van der Waals surface area contributed by atoms with Gasteiger partial charge in [-0.2, -0.15) is 0 Å². The molecule has 0 aromatic carbocycles. The lowest BCUT2D eigenvalue weighted by Crippen LogP contribution is -2.00. The van der Waals surface area contributed by atoms with E-state index in [1.54, 1.807) is 0 Å². The van der Waals surface area contributed by atoms with Gasteiger partial charge in [0, 0.05) is 0 Å². The van der Waals surface area contributed by atoms with Gasteiger partial charge in [0.05, 0.1) is 0 Å². The normalized spacial score (nSPS) is 12.8. The highest BCUT2D eigenvalue weighted by molar-refractivity contribution is 4.95. The van der Waals surface area contributed by atoms with Crippen LogP contribution in [0.2, 0.25) is 0 Å². The van der Waals surface area contributed by atoms with Gasteiger partial charge in [0.25, 0.3) is 0 Å². The zero-order valence-corrected chi connectivity index (χ0v) is 9.73. The Morgan fingerprint density at radius 2 is 1.85 bits per heavy atom. The maximum Gasteiger partial charge on any atom is -0.0295 e. The largest absolute Gasteiger partial charge is 0.0999 e. The smallest absolute Gasteiger partial charge is 0.0295 e. The molecule has 0 radical (unpaired) electrons. The van der Waals surface area contributed by atoms with Crippen molar-refractivity contribution < 1.29 is 0 Å². The van der Waals surface area contributed by atoms with E-state index in [0.717, 1.165) is 5.92 Å². The third-order valence-corrected chi connectivity index (χ3v) is 2.72. The van der Waals surface area contributed by atoms with Crippen molar-refractivity contribution >= 4 is 0 Å². The highest BCUT2D eigenvalue weighted by Crippen LogP contribution is 2.22. The maximum absolute atomic E-state index is 4.14. The van der Waals surface area contributed by atoms with Crippen LogP contribution in [0.15, 0.2) is 12.2 Å². The fourth-order valence-corrected chi connectivity index (χ4v) is 1.81. The first-order valence-electron chi connectivity index (χ1n) is 5.91. The highest BCUT2D eigenvalue weighted by atomic mass is 14.1. The molecule has 0 heterocycles. The molecular weight excluding hydrogens is 156 g/mol. The van der Waals surface area contributed by atoms with Crippen LogP contribution in [0, 0.1) is 5.92 Å². The Morgan fingerprint density at radius 1 is 1.15 bits per heavy atom. The minimum absolute atomic E-state index is 0.902. The molecule has 0 nitrogen and oxygen atoms in total. The summed E-state index contributed by atoms with van der Waals surface area (Å²) in [7, 11) is 0. The Kier molecular flexibility index (Phi) is 8.18. The fraction of sp³-hybridized carbons (Fsp3) is 0.846. The molecule has 0 rings (SSSR count). The Hall–Kier alpha value is -0.260. The van der Waals surface area contributed by atoms with Gasteiger partial charge < -0.3 is 0 Å². The van der Waals surface area contributed by atoms with Crippen molar-refractivity contribution in [3.63, 3.8) is 0 Å². The van der Waals surface area contributed by atoms with Crippen LogP contribution in [0.4, 0.5) is 0 Å². The van der Waals surface area contributed by atoms with E-state index in [9.17, 15) is 0 Å². The van der Waals surface area contributed by atoms with Crippen LogP contribution in [0.25, 0.3) is 0 Å². The number of rotatable bonds is 8. The standard InChI is InChI=1S/C13H26/c1-5-8-10-13(7-3)11-12(4)9-6-2/h13H,4-11H2,1-3H3. The zero-order valence-electron chi connectivity index (χ0n) is 9.73. The fourth-order valence-electron chi connectivity index (χ4n) is 1.81. The topological polar surface area (TPSA) is 0 Å². The molecule has 0 amide bonds. The van der Waals surface area contributed by atoms with Gasteiger partial charge in [0.2, 0.25) is 0 Å². The van der Waals surface area contributed by atoms with Crippen LogP contribution in [0.3, 0.4) is 0 Å².